The molecule has 8 nitrogen and oxygen atoms in total. The molecule has 2 aliphatic heterocycles. The second-order valence-electron chi connectivity index (χ2n) is 11.1. The third-order valence-electron chi connectivity index (χ3n) is 8.35. The molecule has 4 aromatic heterocycles. The van der Waals surface area contributed by atoms with Crippen molar-refractivity contribution in [2.75, 3.05) is 23.3 Å². The highest BCUT2D eigenvalue weighted by Gasteiger charge is 2.49. The Balaban J connectivity index is 1.35. The van der Waals surface area contributed by atoms with Crippen molar-refractivity contribution in [3.05, 3.63) is 60.2 Å². The number of piperidine rings is 1. The van der Waals surface area contributed by atoms with Crippen LogP contribution in [0.4, 0.5) is 26.2 Å². The van der Waals surface area contributed by atoms with Crippen molar-refractivity contribution in [1.29, 1.82) is 0 Å². The Kier molecular flexibility index (Phi) is 5.30. The predicted octanol–water partition coefficient (Wildman–Crippen LogP) is 4.96. The molecule has 0 radical (unpaired) electrons. The molecule has 10 heteroatoms. The summed E-state index contributed by atoms with van der Waals surface area (Å²) in [6.45, 7) is 6.61. The zero-order valence-electron chi connectivity index (χ0n) is 21.2. The van der Waals surface area contributed by atoms with Gasteiger partial charge in [0.05, 0.1) is 11.7 Å². The van der Waals surface area contributed by atoms with E-state index in [1.165, 1.54) is 5.56 Å². The summed E-state index contributed by atoms with van der Waals surface area (Å²) in [5, 5.41) is 7.44. The first-order valence-electron chi connectivity index (χ1n) is 13.1. The highest BCUT2D eigenvalue weighted by atomic mass is 19.1. The van der Waals surface area contributed by atoms with Gasteiger partial charge in [-0.2, -0.15) is 9.37 Å². The number of pyridine rings is 3. The lowest BCUT2D eigenvalue weighted by atomic mass is 9.68. The summed E-state index contributed by atoms with van der Waals surface area (Å²) in [7, 11) is 0. The summed E-state index contributed by atoms with van der Waals surface area (Å²) in [4.78, 5) is 25.1. The molecule has 1 saturated heterocycles. The SMILES string of the molecule is CC1(C)CNCCC1N1c2nc(-c3ccnc(Nc4nc(F)ccc4F)c3)nc3cncc(c23)C2CCC21. The third kappa shape index (κ3) is 3.69. The molecule has 7 rings (SSSR count). The molecule has 0 aromatic carbocycles. The third-order valence-corrected chi connectivity index (χ3v) is 8.35. The van der Waals surface area contributed by atoms with Gasteiger partial charge in [-0.1, -0.05) is 13.8 Å². The van der Waals surface area contributed by atoms with Gasteiger partial charge in [0.2, 0.25) is 5.95 Å². The molecule has 3 aliphatic rings. The van der Waals surface area contributed by atoms with Gasteiger partial charge < -0.3 is 15.5 Å². The average Bonchev–Trinajstić information content (AvgIpc) is 2.88. The van der Waals surface area contributed by atoms with Gasteiger partial charge in [-0.05, 0) is 61.1 Å². The maximum absolute atomic E-state index is 14.2. The van der Waals surface area contributed by atoms with Gasteiger partial charge in [-0.15, -0.1) is 0 Å². The van der Waals surface area contributed by atoms with Crippen molar-refractivity contribution in [3.8, 4) is 11.4 Å². The predicted molar refractivity (Wildman–Crippen MR) is 141 cm³/mol. The number of aromatic nitrogens is 5. The molecule has 3 atom stereocenters. The van der Waals surface area contributed by atoms with E-state index in [1.807, 2.05) is 18.5 Å². The van der Waals surface area contributed by atoms with E-state index in [0.717, 1.165) is 61.2 Å². The van der Waals surface area contributed by atoms with Crippen LogP contribution in [-0.2, 0) is 0 Å². The molecule has 38 heavy (non-hydrogen) atoms. The van der Waals surface area contributed by atoms with Gasteiger partial charge in [0.15, 0.2) is 17.5 Å². The molecule has 0 spiro atoms. The van der Waals surface area contributed by atoms with E-state index in [9.17, 15) is 8.78 Å². The van der Waals surface area contributed by atoms with E-state index in [2.05, 4.69) is 44.3 Å². The van der Waals surface area contributed by atoms with E-state index < -0.39 is 11.8 Å². The highest BCUT2D eigenvalue weighted by molar-refractivity contribution is 5.96. The lowest BCUT2D eigenvalue weighted by molar-refractivity contribution is 0.173. The smallest absolute Gasteiger partial charge is 0.214 e. The van der Waals surface area contributed by atoms with Gasteiger partial charge >= 0.3 is 0 Å². The minimum absolute atomic E-state index is 0.0795. The Morgan fingerprint density at radius 2 is 1.95 bits per heavy atom. The lowest BCUT2D eigenvalue weighted by Gasteiger charge is -2.56. The number of fused-ring (bicyclic) bond motifs is 2. The second kappa shape index (κ2) is 8.62. The van der Waals surface area contributed by atoms with Crippen molar-refractivity contribution in [1.82, 2.24) is 30.2 Å². The molecular weight excluding hydrogens is 486 g/mol. The van der Waals surface area contributed by atoms with Crippen LogP contribution in [0.25, 0.3) is 22.3 Å². The van der Waals surface area contributed by atoms with E-state index >= 15 is 0 Å². The van der Waals surface area contributed by atoms with E-state index in [0.29, 0.717) is 35.2 Å². The number of nitrogens with zero attached hydrogens (tertiary/aromatic N) is 6. The normalized spacial score (nSPS) is 23.6. The van der Waals surface area contributed by atoms with Crippen LogP contribution in [0.5, 0.6) is 0 Å². The Morgan fingerprint density at radius 3 is 2.76 bits per heavy atom. The first kappa shape index (κ1) is 23.3. The summed E-state index contributed by atoms with van der Waals surface area (Å²) in [6, 6.07) is 6.30. The van der Waals surface area contributed by atoms with Gasteiger partial charge in [0.1, 0.15) is 11.6 Å². The fourth-order valence-corrected chi connectivity index (χ4v) is 6.34. The minimum Gasteiger partial charge on any atom is -0.349 e. The maximum atomic E-state index is 14.2. The monoisotopic (exact) mass is 514 g/mol. The van der Waals surface area contributed by atoms with Crippen LogP contribution in [-0.4, -0.2) is 50.1 Å². The van der Waals surface area contributed by atoms with Crippen LogP contribution in [0.15, 0.2) is 42.9 Å². The zero-order valence-corrected chi connectivity index (χ0v) is 21.2. The fraction of sp³-hybridized carbons (Fsp3) is 0.393. The van der Waals surface area contributed by atoms with Crippen LogP contribution in [0.3, 0.4) is 0 Å². The maximum Gasteiger partial charge on any atom is 0.214 e. The number of hydrogen-bond acceptors (Lipinski definition) is 8. The lowest BCUT2D eigenvalue weighted by Crippen LogP contribution is -2.61. The molecule has 0 amide bonds. The summed E-state index contributed by atoms with van der Waals surface area (Å²) in [6.07, 6.45) is 8.73. The number of anilines is 3. The van der Waals surface area contributed by atoms with Crippen LogP contribution >= 0.6 is 0 Å². The quantitative estimate of drug-likeness (QED) is 0.370. The summed E-state index contributed by atoms with van der Waals surface area (Å²) >= 11 is 0. The second-order valence-corrected chi connectivity index (χ2v) is 11.1. The molecule has 1 saturated carbocycles. The van der Waals surface area contributed by atoms with Gasteiger partial charge in [-0.3, -0.25) is 4.98 Å². The fourth-order valence-electron chi connectivity index (χ4n) is 6.34. The molecule has 0 bridgehead atoms. The van der Waals surface area contributed by atoms with E-state index in [1.54, 1.807) is 12.3 Å². The molecule has 2 fully saturated rings. The largest absolute Gasteiger partial charge is 0.349 e. The average molecular weight is 515 g/mol. The highest BCUT2D eigenvalue weighted by Crippen LogP contribution is 2.52. The molecule has 1 aliphatic carbocycles. The summed E-state index contributed by atoms with van der Waals surface area (Å²) in [5.41, 5.74) is 2.85. The van der Waals surface area contributed by atoms with Crippen molar-refractivity contribution >= 4 is 28.4 Å². The Morgan fingerprint density at radius 1 is 1.05 bits per heavy atom. The molecular formula is C28H28F2N8. The Hall–Kier alpha value is -3.79. The van der Waals surface area contributed by atoms with Crippen molar-refractivity contribution < 1.29 is 8.78 Å². The van der Waals surface area contributed by atoms with Crippen molar-refractivity contribution in [2.24, 2.45) is 5.41 Å². The van der Waals surface area contributed by atoms with Gasteiger partial charge in [0.25, 0.3) is 0 Å². The molecule has 194 valence electrons. The molecule has 4 aromatic rings. The minimum atomic E-state index is -0.777. The van der Waals surface area contributed by atoms with Crippen molar-refractivity contribution in [2.45, 2.75) is 51.1 Å². The standard InChI is InChI=1S/C28H28F2N8/c1-28(2)14-31-9-8-21(28)38-20-5-3-16(20)17-12-32-13-19-24(17)27(38)37-25(34-19)15-7-10-33-23(11-15)36-26-18(29)4-6-22(30)35-26/h4,6-7,10-13,16,20-21,31H,3,5,8-9,14H2,1-2H3,(H,33,35,36). The Bertz CT molecular complexity index is 1560. The molecule has 6 heterocycles. The topological polar surface area (TPSA) is 91.8 Å². The van der Waals surface area contributed by atoms with E-state index in [4.69, 9.17) is 9.97 Å². The van der Waals surface area contributed by atoms with Gasteiger partial charge in [-0.25, -0.2) is 19.3 Å². The van der Waals surface area contributed by atoms with Crippen molar-refractivity contribution in [3.63, 3.8) is 0 Å². The number of halogens is 2. The van der Waals surface area contributed by atoms with E-state index in [-0.39, 0.29) is 11.2 Å². The first-order chi connectivity index (χ1) is 18.4. The number of nitrogens with one attached hydrogen (secondary N) is 2. The number of rotatable bonds is 4. The zero-order chi connectivity index (χ0) is 26.0. The van der Waals surface area contributed by atoms with Crippen LogP contribution in [0.1, 0.15) is 44.6 Å². The summed E-state index contributed by atoms with van der Waals surface area (Å²) < 4.78 is 27.8. The Labute approximate surface area is 219 Å². The molecule has 3 unspecified atom stereocenters. The number of hydrogen-bond donors (Lipinski definition) is 2. The first-order valence-corrected chi connectivity index (χ1v) is 13.1. The van der Waals surface area contributed by atoms with Crippen LogP contribution in [0, 0.1) is 17.2 Å². The van der Waals surface area contributed by atoms with Crippen LogP contribution < -0.4 is 15.5 Å². The van der Waals surface area contributed by atoms with Gasteiger partial charge in [0, 0.05) is 47.9 Å². The summed E-state index contributed by atoms with van der Waals surface area (Å²) in [5.74, 6) is 0.600. The molecule has 2 N–H and O–H groups in total. The van der Waals surface area contributed by atoms with Crippen LogP contribution in [0.2, 0.25) is 0 Å².